The largest absolute Gasteiger partial charge is 0.390 e. The van der Waals surface area contributed by atoms with Gasteiger partial charge in [-0.25, -0.2) is 15.0 Å². The lowest BCUT2D eigenvalue weighted by molar-refractivity contribution is -0.0260. The van der Waals surface area contributed by atoms with Gasteiger partial charge in [-0.3, -0.25) is 0 Å². The number of hydrogen-bond donors (Lipinski definition) is 2. The molecule has 33 heavy (non-hydrogen) atoms. The van der Waals surface area contributed by atoms with E-state index in [0.717, 1.165) is 40.0 Å². The lowest BCUT2D eigenvalue weighted by Gasteiger charge is -2.28. The molecule has 0 amide bonds. The molecule has 6 nitrogen and oxygen atoms in total. The van der Waals surface area contributed by atoms with E-state index in [2.05, 4.69) is 49.1 Å². The SMILES string of the molecule is O[C@H]1[C@H](n2ccc3c(Cl)ncnc32)C[C@@]2(CC[C@H](c3ccc4cc(Br)c(Cl)nc4c3)C2)[C@H]1O. The highest BCUT2D eigenvalue weighted by molar-refractivity contribution is 9.10. The van der Waals surface area contributed by atoms with E-state index >= 15 is 0 Å². The quantitative estimate of drug-likeness (QED) is 0.249. The maximum Gasteiger partial charge on any atom is 0.145 e. The Labute approximate surface area is 208 Å². The molecule has 0 unspecified atom stereocenters. The maximum atomic E-state index is 11.2. The van der Waals surface area contributed by atoms with E-state index < -0.39 is 12.2 Å². The number of hydrogen-bond acceptors (Lipinski definition) is 5. The minimum absolute atomic E-state index is 0.267. The highest BCUT2D eigenvalue weighted by Crippen LogP contribution is 2.58. The summed E-state index contributed by atoms with van der Waals surface area (Å²) in [6, 6.07) is 9.89. The van der Waals surface area contributed by atoms with E-state index in [1.54, 1.807) is 0 Å². The lowest BCUT2D eigenvalue weighted by Crippen LogP contribution is -2.35. The monoisotopic (exact) mass is 546 g/mol. The average molecular weight is 548 g/mol. The van der Waals surface area contributed by atoms with Crippen molar-refractivity contribution < 1.29 is 10.2 Å². The molecule has 2 aliphatic rings. The van der Waals surface area contributed by atoms with Crippen LogP contribution in [0.5, 0.6) is 0 Å². The van der Waals surface area contributed by atoms with Gasteiger partial charge in [-0.05, 0) is 71.3 Å². The number of pyridine rings is 1. The first-order chi connectivity index (χ1) is 15.9. The Hall–Kier alpha value is -1.77. The summed E-state index contributed by atoms with van der Waals surface area (Å²) in [6.45, 7) is 0. The Kier molecular flexibility index (Phi) is 5.20. The minimum Gasteiger partial charge on any atom is -0.390 e. The molecule has 2 saturated carbocycles. The first-order valence-corrected chi connectivity index (χ1v) is 12.5. The van der Waals surface area contributed by atoms with Crippen molar-refractivity contribution >= 4 is 61.1 Å². The number of halogens is 3. The normalized spacial score (nSPS) is 29.6. The standard InChI is InChI=1S/C24H21BrCl2N4O2/c25-16-7-13-2-1-12(8-17(13)30-22(16)27)14-3-5-24(9-14)10-18(19(32)20(24)33)31-6-4-15-21(26)28-11-29-23(15)31/h1-2,4,6-8,11,14,18-20,32-33H,3,5,9-10H2/t14-,18+,19-,20-,24-/m0/s1. The summed E-state index contributed by atoms with van der Waals surface area (Å²) in [4.78, 5) is 12.9. The summed E-state index contributed by atoms with van der Waals surface area (Å²) in [5.41, 5.74) is 2.40. The van der Waals surface area contributed by atoms with Gasteiger partial charge in [0.15, 0.2) is 0 Å². The fourth-order valence-corrected chi connectivity index (χ4v) is 6.66. The van der Waals surface area contributed by atoms with Crippen LogP contribution >= 0.6 is 39.1 Å². The zero-order chi connectivity index (χ0) is 22.9. The van der Waals surface area contributed by atoms with Gasteiger partial charge in [-0.2, -0.15) is 0 Å². The first kappa shape index (κ1) is 21.7. The molecule has 9 heteroatoms. The molecule has 1 spiro atoms. The third-order valence-corrected chi connectivity index (χ3v) is 9.07. The van der Waals surface area contributed by atoms with Crippen LogP contribution in [0.1, 0.15) is 43.2 Å². The smallest absolute Gasteiger partial charge is 0.145 e. The predicted octanol–water partition coefficient (Wildman–Crippen LogP) is 5.67. The van der Waals surface area contributed by atoms with Crippen molar-refractivity contribution in [2.45, 2.75) is 49.9 Å². The summed E-state index contributed by atoms with van der Waals surface area (Å²) in [7, 11) is 0. The van der Waals surface area contributed by atoms with E-state index in [9.17, 15) is 10.2 Å². The molecular weight excluding hydrogens is 527 g/mol. The zero-order valence-electron chi connectivity index (χ0n) is 17.5. The molecule has 2 N–H and O–H groups in total. The third kappa shape index (κ3) is 3.40. The highest BCUT2D eigenvalue weighted by Gasteiger charge is 2.56. The molecule has 2 fully saturated rings. The fraction of sp³-hybridized carbons (Fsp3) is 0.375. The molecule has 0 aliphatic heterocycles. The van der Waals surface area contributed by atoms with Crippen LogP contribution in [0.15, 0.2) is 47.3 Å². The number of aromatic nitrogens is 4. The van der Waals surface area contributed by atoms with Gasteiger partial charge < -0.3 is 14.8 Å². The molecule has 0 bridgehead atoms. The number of aliphatic hydroxyl groups excluding tert-OH is 2. The molecule has 1 aromatic carbocycles. The van der Waals surface area contributed by atoms with Crippen LogP contribution in [-0.2, 0) is 0 Å². The zero-order valence-corrected chi connectivity index (χ0v) is 20.6. The van der Waals surface area contributed by atoms with Crippen LogP contribution < -0.4 is 0 Å². The fourth-order valence-electron chi connectivity index (χ4n) is 5.99. The Morgan fingerprint density at radius 1 is 1.06 bits per heavy atom. The van der Waals surface area contributed by atoms with Crippen molar-refractivity contribution in [3.05, 3.63) is 63.2 Å². The Morgan fingerprint density at radius 2 is 1.91 bits per heavy atom. The average Bonchev–Trinajstić information content (AvgIpc) is 3.48. The van der Waals surface area contributed by atoms with Gasteiger partial charge in [0, 0.05) is 17.0 Å². The van der Waals surface area contributed by atoms with Gasteiger partial charge in [0.1, 0.15) is 28.4 Å². The lowest BCUT2D eigenvalue weighted by atomic mass is 9.80. The summed E-state index contributed by atoms with van der Waals surface area (Å²) < 4.78 is 2.72. The Balaban J connectivity index is 1.30. The summed E-state index contributed by atoms with van der Waals surface area (Å²) in [5.74, 6) is 0.289. The van der Waals surface area contributed by atoms with Crippen LogP contribution in [0, 0.1) is 5.41 Å². The molecule has 3 heterocycles. The first-order valence-electron chi connectivity index (χ1n) is 11.0. The van der Waals surface area contributed by atoms with Crippen LogP contribution in [0.3, 0.4) is 0 Å². The van der Waals surface area contributed by atoms with E-state index in [-0.39, 0.29) is 17.4 Å². The molecule has 170 valence electrons. The van der Waals surface area contributed by atoms with Gasteiger partial charge in [0.2, 0.25) is 0 Å². The number of fused-ring (bicyclic) bond motifs is 2. The topological polar surface area (TPSA) is 84.1 Å². The molecule has 5 atom stereocenters. The number of aliphatic hydroxyl groups is 2. The summed E-state index contributed by atoms with van der Waals surface area (Å²) >= 11 is 15.9. The molecule has 2 aliphatic carbocycles. The maximum absolute atomic E-state index is 11.2. The number of rotatable bonds is 2. The van der Waals surface area contributed by atoms with E-state index in [1.165, 1.54) is 11.9 Å². The van der Waals surface area contributed by atoms with E-state index in [4.69, 9.17) is 23.2 Å². The van der Waals surface area contributed by atoms with Gasteiger partial charge >= 0.3 is 0 Å². The summed E-state index contributed by atoms with van der Waals surface area (Å²) in [6.07, 6.45) is 4.94. The van der Waals surface area contributed by atoms with Crippen molar-refractivity contribution in [3.8, 4) is 0 Å². The van der Waals surface area contributed by atoms with Crippen molar-refractivity contribution in [1.29, 1.82) is 0 Å². The van der Waals surface area contributed by atoms with E-state index in [0.29, 0.717) is 22.4 Å². The van der Waals surface area contributed by atoms with Gasteiger partial charge in [0.05, 0.1) is 27.5 Å². The molecule has 3 aromatic heterocycles. The van der Waals surface area contributed by atoms with Crippen molar-refractivity contribution in [3.63, 3.8) is 0 Å². The van der Waals surface area contributed by atoms with Crippen molar-refractivity contribution in [1.82, 2.24) is 19.5 Å². The Morgan fingerprint density at radius 3 is 2.76 bits per heavy atom. The molecular formula is C24H21BrCl2N4O2. The number of benzene rings is 1. The van der Waals surface area contributed by atoms with Crippen molar-refractivity contribution in [2.24, 2.45) is 5.41 Å². The van der Waals surface area contributed by atoms with Gasteiger partial charge in [-0.15, -0.1) is 0 Å². The van der Waals surface area contributed by atoms with Gasteiger partial charge in [-0.1, -0.05) is 35.3 Å². The molecule has 0 radical (unpaired) electrons. The second-order valence-electron chi connectivity index (χ2n) is 9.35. The minimum atomic E-state index is -0.873. The second kappa shape index (κ2) is 7.89. The molecule has 0 saturated heterocycles. The van der Waals surface area contributed by atoms with Crippen LogP contribution in [0.25, 0.3) is 21.9 Å². The Bertz CT molecular complexity index is 1400. The second-order valence-corrected chi connectivity index (χ2v) is 10.9. The molecule has 4 aromatic rings. The van der Waals surface area contributed by atoms with Crippen LogP contribution in [0.2, 0.25) is 10.3 Å². The third-order valence-electron chi connectivity index (χ3n) is 7.65. The number of nitrogens with zero attached hydrogens (tertiary/aromatic N) is 4. The van der Waals surface area contributed by atoms with Gasteiger partial charge in [0.25, 0.3) is 0 Å². The van der Waals surface area contributed by atoms with E-state index in [1.807, 2.05) is 22.9 Å². The summed E-state index contributed by atoms with van der Waals surface area (Å²) in [5, 5.41) is 24.9. The highest BCUT2D eigenvalue weighted by atomic mass is 79.9. The molecule has 6 rings (SSSR count). The predicted molar refractivity (Wildman–Crippen MR) is 132 cm³/mol. The van der Waals surface area contributed by atoms with Crippen molar-refractivity contribution in [2.75, 3.05) is 0 Å². The van der Waals surface area contributed by atoms with Crippen LogP contribution in [0.4, 0.5) is 0 Å². The van der Waals surface area contributed by atoms with Crippen LogP contribution in [-0.4, -0.2) is 41.9 Å².